The average Bonchev–Trinajstić information content (AvgIpc) is 2.67. The summed E-state index contributed by atoms with van der Waals surface area (Å²) in [6, 6.07) is 11.6. The highest BCUT2D eigenvalue weighted by Crippen LogP contribution is 2.09. The molecule has 0 radical (unpaired) electrons. The number of aromatic nitrogens is 2. The number of amides is 1. The van der Waals surface area contributed by atoms with E-state index in [1.807, 2.05) is 43.3 Å². The predicted molar refractivity (Wildman–Crippen MR) is 96.4 cm³/mol. The van der Waals surface area contributed by atoms with Crippen LogP contribution in [0.15, 0.2) is 42.6 Å². The maximum Gasteiger partial charge on any atom is 0.410 e. The number of morpholine rings is 1. The Balaban J connectivity index is 1.41. The van der Waals surface area contributed by atoms with Gasteiger partial charge in [0.25, 0.3) is 0 Å². The minimum Gasteiger partial charge on any atom is -0.445 e. The lowest BCUT2D eigenvalue weighted by Crippen LogP contribution is -2.49. The van der Waals surface area contributed by atoms with Crippen molar-refractivity contribution in [1.29, 1.82) is 0 Å². The summed E-state index contributed by atoms with van der Waals surface area (Å²) in [5.74, 6) is 0.755. The van der Waals surface area contributed by atoms with Crippen LogP contribution in [0.3, 0.4) is 0 Å². The van der Waals surface area contributed by atoms with Crippen LogP contribution in [-0.2, 0) is 22.6 Å². The third kappa shape index (κ3) is 5.50. The second kappa shape index (κ2) is 9.26. The van der Waals surface area contributed by atoms with Gasteiger partial charge in [0.1, 0.15) is 12.4 Å². The average molecular weight is 356 g/mol. The van der Waals surface area contributed by atoms with Gasteiger partial charge in [-0.3, -0.25) is 0 Å². The van der Waals surface area contributed by atoms with Crippen LogP contribution >= 0.6 is 0 Å². The summed E-state index contributed by atoms with van der Waals surface area (Å²) in [6.45, 7) is 5.02. The molecule has 1 aromatic carbocycles. The van der Waals surface area contributed by atoms with E-state index in [4.69, 9.17) is 9.47 Å². The molecule has 1 saturated heterocycles. The van der Waals surface area contributed by atoms with Crippen molar-refractivity contribution in [3.05, 3.63) is 59.7 Å². The topological polar surface area (TPSA) is 76.6 Å². The molecule has 1 amide bonds. The predicted octanol–water partition coefficient (Wildman–Crippen LogP) is 1.91. The molecule has 1 aromatic heterocycles. The van der Waals surface area contributed by atoms with Gasteiger partial charge >= 0.3 is 6.09 Å². The van der Waals surface area contributed by atoms with Crippen molar-refractivity contribution in [2.24, 2.45) is 0 Å². The molecule has 7 nitrogen and oxygen atoms in total. The van der Waals surface area contributed by atoms with Gasteiger partial charge in [-0.1, -0.05) is 30.3 Å². The monoisotopic (exact) mass is 356 g/mol. The molecule has 7 heteroatoms. The van der Waals surface area contributed by atoms with E-state index >= 15 is 0 Å². The van der Waals surface area contributed by atoms with E-state index in [1.54, 1.807) is 11.1 Å². The van der Waals surface area contributed by atoms with Crippen LogP contribution in [0.25, 0.3) is 0 Å². The molecule has 1 aliphatic heterocycles. The Kier molecular flexibility index (Phi) is 6.51. The van der Waals surface area contributed by atoms with Gasteiger partial charge in [-0.15, -0.1) is 0 Å². The molecule has 2 heterocycles. The normalized spacial score (nSPS) is 17.1. The number of carbonyl (C=O) groups is 1. The molecule has 0 bridgehead atoms. The highest BCUT2D eigenvalue weighted by molar-refractivity contribution is 5.67. The summed E-state index contributed by atoms with van der Waals surface area (Å²) in [5.41, 5.74) is 1.92. The van der Waals surface area contributed by atoms with Gasteiger partial charge in [-0.25, -0.2) is 14.8 Å². The molecule has 1 N–H and O–H groups in total. The molecule has 1 atom stereocenters. The van der Waals surface area contributed by atoms with Gasteiger partial charge in [0.2, 0.25) is 0 Å². The molecule has 1 aliphatic rings. The van der Waals surface area contributed by atoms with Crippen molar-refractivity contribution in [3.8, 4) is 0 Å². The molecular formula is C19H24N4O3. The zero-order valence-corrected chi connectivity index (χ0v) is 14.9. The van der Waals surface area contributed by atoms with E-state index in [2.05, 4.69) is 15.3 Å². The molecule has 0 aliphatic carbocycles. The fraction of sp³-hybridized carbons (Fsp3) is 0.421. The first-order valence-corrected chi connectivity index (χ1v) is 8.77. The van der Waals surface area contributed by atoms with E-state index in [-0.39, 0.29) is 18.8 Å². The Hall–Kier alpha value is -2.51. The summed E-state index contributed by atoms with van der Waals surface area (Å²) >= 11 is 0. The highest BCUT2D eigenvalue weighted by atomic mass is 16.6. The van der Waals surface area contributed by atoms with E-state index in [0.717, 1.165) is 17.1 Å². The minimum absolute atomic E-state index is 0.0593. The maximum atomic E-state index is 12.3. The lowest BCUT2D eigenvalue weighted by molar-refractivity contribution is -0.0271. The standard InChI is InChI=1S/C19H24N4O3/c1-15-21-8-7-17(22-15)11-20-12-18-13-23(9-10-25-18)19(24)26-14-16-5-3-2-4-6-16/h2-8,18,20H,9-14H2,1H3. The summed E-state index contributed by atoms with van der Waals surface area (Å²) in [7, 11) is 0. The molecule has 1 unspecified atom stereocenters. The number of carbonyl (C=O) groups excluding carboxylic acids is 1. The molecule has 0 saturated carbocycles. The summed E-state index contributed by atoms with van der Waals surface area (Å²) < 4.78 is 11.1. The van der Waals surface area contributed by atoms with Gasteiger partial charge in [0.05, 0.1) is 24.9 Å². The van der Waals surface area contributed by atoms with Crippen LogP contribution in [0.4, 0.5) is 4.79 Å². The van der Waals surface area contributed by atoms with Crippen LogP contribution in [0.2, 0.25) is 0 Å². The number of nitrogens with one attached hydrogen (secondary N) is 1. The minimum atomic E-state index is -0.298. The quantitative estimate of drug-likeness (QED) is 0.852. The summed E-state index contributed by atoms with van der Waals surface area (Å²) in [6.07, 6.45) is 1.39. The number of rotatable bonds is 6. The summed E-state index contributed by atoms with van der Waals surface area (Å²) in [4.78, 5) is 22.4. The third-order valence-electron chi connectivity index (χ3n) is 4.11. The molecule has 138 valence electrons. The smallest absolute Gasteiger partial charge is 0.410 e. The van der Waals surface area contributed by atoms with Gasteiger partial charge in [0, 0.05) is 25.8 Å². The first kappa shape index (κ1) is 18.3. The molecule has 2 aromatic rings. The van der Waals surface area contributed by atoms with E-state index < -0.39 is 0 Å². The molecule has 0 spiro atoms. The van der Waals surface area contributed by atoms with Crippen LogP contribution in [0.1, 0.15) is 17.1 Å². The molecule has 26 heavy (non-hydrogen) atoms. The first-order valence-electron chi connectivity index (χ1n) is 8.77. The van der Waals surface area contributed by atoms with Crippen LogP contribution in [0, 0.1) is 6.92 Å². The van der Waals surface area contributed by atoms with E-state index in [0.29, 0.717) is 32.8 Å². The van der Waals surface area contributed by atoms with Gasteiger partial charge in [-0.05, 0) is 18.6 Å². The van der Waals surface area contributed by atoms with E-state index in [1.165, 1.54) is 0 Å². The van der Waals surface area contributed by atoms with Crippen molar-refractivity contribution in [1.82, 2.24) is 20.2 Å². The number of hydrogen-bond donors (Lipinski definition) is 1. The van der Waals surface area contributed by atoms with Gasteiger partial charge in [-0.2, -0.15) is 0 Å². The number of aryl methyl sites for hydroxylation is 1. The lowest BCUT2D eigenvalue weighted by Gasteiger charge is -2.32. The molecular weight excluding hydrogens is 332 g/mol. The maximum absolute atomic E-state index is 12.3. The lowest BCUT2D eigenvalue weighted by atomic mass is 10.2. The first-order chi connectivity index (χ1) is 12.7. The Morgan fingerprint density at radius 3 is 3.00 bits per heavy atom. The molecule has 3 rings (SSSR count). The van der Waals surface area contributed by atoms with Crippen molar-refractivity contribution in [2.45, 2.75) is 26.2 Å². The SMILES string of the molecule is Cc1nccc(CNCC2CN(C(=O)OCc3ccccc3)CCO2)n1. The Morgan fingerprint density at radius 2 is 2.19 bits per heavy atom. The third-order valence-corrected chi connectivity index (χ3v) is 4.11. The summed E-state index contributed by atoms with van der Waals surface area (Å²) in [5, 5.41) is 3.32. The molecule has 1 fully saturated rings. The van der Waals surface area contributed by atoms with Crippen LogP contribution < -0.4 is 5.32 Å². The zero-order valence-electron chi connectivity index (χ0n) is 14.9. The number of benzene rings is 1. The fourth-order valence-electron chi connectivity index (χ4n) is 2.78. The highest BCUT2D eigenvalue weighted by Gasteiger charge is 2.25. The van der Waals surface area contributed by atoms with Crippen molar-refractivity contribution in [2.75, 3.05) is 26.2 Å². The Bertz CT molecular complexity index is 711. The largest absolute Gasteiger partial charge is 0.445 e. The number of hydrogen-bond acceptors (Lipinski definition) is 6. The van der Waals surface area contributed by atoms with Crippen molar-refractivity contribution < 1.29 is 14.3 Å². The van der Waals surface area contributed by atoms with E-state index in [9.17, 15) is 4.79 Å². The van der Waals surface area contributed by atoms with Gasteiger partial charge < -0.3 is 19.7 Å². The van der Waals surface area contributed by atoms with Crippen molar-refractivity contribution >= 4 is 6.09 Å². The van der Waals surface area contributed by atoms with Crippen LogP contribution in [-0.4, -0.2) is 53.3 Å². The van der Waals surface area contributed by atoms with Crippen LogP contribution in [0.5, 0.6) is 0 Å². The zero-order chi connectivity index (χ0) is 18.2. The number of nitrogens with zero attached hydrogens (tertiary/aromatic N) is 3. The second-order valence-electron chi connectivity index (χ2n) is 6.21. The second-order valence-corrected chi connectivity index (χ2v) is 6.21. The Labute approximate surface area is 153 Å². The Morgan fingerprint density at radius 1 is 1.35 bits per heavy atom. The fourth-order valence-corrected chi connectivity index (χ4v) is 2.78. The number of ether oxygens (including phenoxy) is 2. The van der Waals surface area contributed by atoms with Gasteiger partial charge in [0.15, 0.2) is 0 Å². The van der Waals surface area contributed by atoms with Crippen molar-refractivity contribution in [3.63, 3.8) is 0 Å².